The molecule has 0 bridgehead atoms. The maximum atomic E-state index is 13.2. The SMILES string of the molecule is C=CC1CCC(C(OCc2ccc(F)c(F)c2)C(F)F)CC1. The lowest BCUT2D eigenvalue weighted by Crippen LogP contribution is -2.33. The Morgan fingerprint density at radius 3 is 2.36 bits per heavy atom. The van der Waals surface area contributed by atoms with Crippen LogP contribution >= 0.6 is 0 Å². The van der Waals surface area contributed by atoms with E-state index in [-0.39, 0.29) is 12.5 Å². The normalized spacial score (nSPS) is 23.5. The van der Waals surface area contributed by atoms with Crippen LogP contribution in [0.5, 0.6) is 0 Å². The summed E-state index contributed by atoms with van der Waals surface area (Å²) in [5.74, 6) is -1.78. The third-order valence-electron chi connectivity index (χ3n) is 4.29. The van der Waals surface area contributed by atoms with Crippen molar-refractivity contribution in [3.05, 3.63) is 48.1 Å². The van der Waals surface area contributed by atoms with Crippen molar-refractivity contribution >= 4 is 0 Å². The number of benzene rings is 1. The van der Waals surface area contributed by atoms with Crippen LogP contribution in [0.1, 0.15) is 31.2 Å². The first-order valence-electron chi connectivity index (χ1n) is 7.47. The van der Waals surface area contributed by atoms with Crippen molar-refractivity contribution in [2.24, 2.45) is 11.8 Å². The predicted molar refractivity (Wildman–Crippen MR) is 76.6 cm³/mol. The Bertz CT molecular complexity index is 495. The summed E-state index contributed by atoms with van der Waals surface area (Å²) in [6.45, 7) is 3.59. The number of allylic oxidation sites excluding steroid dienone is 1. The molecule has 1 aliphatic carbocycles. The van der Waals surface area contributed by atoms with Crippen LogP contribution in [0.4, 0.5) is 17.6 Å². The first-order valence-corrected chi connectivity index (χ1v) is 7.47. The molecule has 0 radical (unpaired) electrons. The molecule has 2 rings (SSSR count). The largest absolute Gasteiger partial charge is 0.367 e. The molecular weight excluding hydrogens is 296 g/mol. The van der Waals surface area contributed by atoms with Crippen LogP contribution in [0.2, 0.25) is 0 Å². The zero-order valence-corrected chi connectivity index (χ0v) is 12.3. The molecule has 122 valence electrons. The van der Waals surface area contributed by atoms with Gasteiger partial charge in [-0.1, -0.05) is 12.1 Å². The van der Waals surface area contributed by atoms with Gasteiger partial charge in [-0.15, -0.1) is 6.58 Å². The number of halogens is 4. The second-order valence-corrected chi connectivity index (χ2v) is 5.77. The van der Waals surface area contributed by atoms with Crippen LogP contribution in [0.15, 0.2) is 30.9 Å². The molecule has 22 heavy (non-hydrogen) atoms. The van der Waals surface area contributed by atoms with E-state index in [0.29, 0.717) is 24.3 Å². The quantitative estimate of drug-likeness (QED) is 0.523. The van der Waals surface area contributed by atoms with Crippen LogP contribution < -0.4 is 0 Å². The summed E-state index contributed by atoms with van der Waals surface area (Å²) in [6, 6.07) is 3.29. The molecule has 1 unspecified atom stereocenters. The third-order valence-corrected chi connectivity index (χ3v) is 4.29. The number of alkyl halides is 2. The summed E-state index contributed by atoms with van der Waals surface area (Å²) in [6.07, 6.45) is 1.13. The second-order valence-electron chi connectivity index (χ2n) is 5.77. The van der Waals surface area contributed by atoms with E-state index >= 15 is 0 Å². The minimum atomic E-state index is -2.59. The summed E-state index contributed by atoms with van der Waals surface area (Å²) in [5, 5.41) is 0. The topological polar surface area (TPSA) is 9.23 Å². The van der Waals surface area contributed by atoms with Crippen LogP contribution in [0.3, 0.4) is 0 Å². The molecule has 0 aromatic heterocycles. The molecule has 0 heterocycles. The van der Waals surface area contributed by atoms with E-state index in [1.54, 1.807) is 0 Å². The van der Waals surface area contributed by atoms with Gasteiger partial charge in [0, 0.05) is 0 Å². The highest BCUT2D eigenvalue weighted by Crippen LogP contribution is 2.34. The van der Waals surface area contributed by atoms with Gasteiger partial charge in [-0.2, -0.15) is 0 Å². The van der Waals surface area contributed by atoms with Gasteiger partial charge >= 0.3 is 0 Å². The van der Waals surface area contributed by atoms with Crippen molar-refractivity contribution in [1.82, 2.24) is 0 Å². The van der Waals surface area contributed by atoms with Crippen molar-refractivity contribution in [3.8, 4) is 0 Å². The molecule has 0 spiro atoms. The fourth-order valence-corrected chi connectivity index (χ4v) is 2.95. The fourth-order valence-electron chi connectivity index (χ4n) is 2.95. The molecule has 0 saturated heterocycles. The molecule has 1 atom stereocenters. The first-order chi connectivity index (χ1) is 10.5. The maximum absolute atomic E-state index is 13.2. The average Bonchev–Trinajstić information content (AvgIpc) is 2.51. The Morgan fingerprint density at radius 2 is 1.82 bits per heavy atom. The van der Waals surface area contributed by atoms with Crippen molar-refractivity contribution in [1.29, 1.82) is 0 Å². The van der Waals surface area contributed by atoms with Crippen LogP contribution in [0, 0.1) is 23.5 Å². The highest BCUT2D eigenvalue weighted by atomic mass is 19.3. The van der Waals surface area contributed by atoms with Gasteiger partial charge in [0.15, 0.2) is 11.6 Å². The summed E-state index contributed by atoms with van der Waals surface area (Å²) < 4.78 is 57.7. The van der Waals surface area contributed by atoms with Crippen molar-refractivity contribution in [3.63, 3.8) is 0 Å². The van der Waals surface area contributed by atoms with Gasteiger partial charge in [-0.25, -0.2) is 17.6 Å². The number of rotatable bonds is 6. The molecule has 1 aromatic carbocycles. The summed E-state index contributed by atoms with van der Waals surface area (Å²) in [4.78, 5) is 0. The van der Waals surface area contributed by atoms with Gasteiger partial charge in [-0.05, 0) is 55.2 Å². The van der Waals surface area contributed by atoms with Crippen molar-refractivity contribution < 1.29 is 22.3 Å². The van der Waals surface area contributed by atoms with E-state index < -0.39 is 24.2 Å². The number of ether oxygens (including phenoxy) is 1. The highest BCUT2D eigenvalue weighted by Gasteiger charge is 2.33. The van der Waals surface area contributed by atoms with Gasteiger partial charge in [0.25, 0.3) is 6.43 Å². The Kier molecular flexibility index (Phi) is 6.00. The molecule has 1 nitrogen and oxygen atoms in total. The van der Waals surface area contributed by atoms with E-state index in [2.05, 4.69) is 6.58 Å². The molecule has 0 N–H and O–H groups in total. The fraction of sp³-hybridized carbons (Fsp3) is 0.529. The summed E-state index contributed by atoms with van der Waals surface area (Å²) in [5.41, 5.74) is 0.351. The first kappa shape index (κ1) is 17.0. The smallest absolute Gasteiger partial charge is 0.264 e. The molecule has 1 fully saturated rings. The van der Waals surface area contributed by atoms with E-state index in [1.165, 1.54) is 6.07 Å². The van der Waals surface area contributed by atoms with Gasteiger partial charge in [0.1, 0.15) is 6.10 Å². The summed E-state index contributed by atoms with van der Waals surface area (Å²) in [7, 11) is 0. The standard InChI is InChI=1S/C17H20F4O/c1-2-11-3-6-13(7-4-11)16(17(20)21)22-10-12-5-8-14(18)15(19)9-12/h2,5,8-9,11,13,16-17H,1,3-4,6-7,10H2. The lowest BCUT2D eigenvalue weighted by molar-refractivity contribution is -0.101. The van der Waals surface area contributed by atoms with Gasteiger partial charge < -0.3 is 4.74 Å². The Morgan fingerprint density at radius 1 is 1.14 bits per heavy atom. The van der Waals surface area contributed by atoms with Crippen LogP contribution in [-0.2, 0) is 11.3 Å². The zero-order chi connectivity index (χ0) is 16.1. The number of hydrogen-bond acceptors (Lipinski definition) is 1. The highest BCUT2D eigenvalue weighted by molar-refractivity contribution is 5.16. The van der Waals surface area contributed by atoms with Crippen molar-refractivity contribution in [2.75, 3.05) is 0 Å². The molecular formula is C17H20F4O. The Hall–Kier alpha value is -1.36. The third kappa shape index (κ3) is 4.32. The van der Waals surface area contributed by atoms with E-state index in [4.69, 9.17) is 4.74 Å². The summed E-state index contributed by atoms with van der Waals surface area (Å²) >= 11 is 0. The minimum absolute atomic E-state index is 0.145. The van der Waals surface area contributed by atoms with Crippen LogP contribution in [0.25, 0.3) is 0 Å². The zero-order valence-electron chi connectivity index (χ0n) is 12.3. The van der Waals surface area contributed by atoms with E-state index in [9.17, 15) is 17.6 Å². The molecule has 1 aliphatic rings. The molecule has 5 heteroatoms. The van der Waals surface area contributed by atoms with Gasteiger partial charge in [-0.3, -0.25) is 0 Å². The molecule has 0 aliphatic heterocycles. The van der Waals surface area contributed by atoms with Gasteiger partial charge in [0.2, 0.25) is 0 Å². The monoisotopic (exact) mass is 316 g/mol. The molecule has 0 amide bonds. The number of hydrogen-bond donors (Lipinski definition) is 0. The Balaban J connectivity index is 1.94. The Labute approximate surface area is 128 Å². The maximum Gasteiger partial charge on any atom is 0.264 e. The molecule has 1 saturated carbocycles. The van der Waals surface area contributed by atoms with E-state index in [0.717, 1.165) is 25.0 Å². The predicted octanol–water partition coefficient (Wildman–Crippen LogP) is 5.11. The van der Waals surface area contributed by atoms with Crippen LogP contribution in [-0.4, -0.2) is 12.5 Å². The second kappa shape index (κ2) is 7.77. The lowest BCUT2D eigenvalue weighted by Gasteiger charge is -2.32. The van der Waals surface area contributed by atoms with Crippen molar-refractivity contribution in [2.45, 2.75) is 44.8 Å². The van der Waals surface area contributed by atoms with E-state index in [1.807, 2.05) is 6.08 Å². The molecule has 1 aromatic rings. The lowest BCUT2D eigenvalue weighted by atomic mass is 9.79. The van der Waals surface area contributed by atoms with Gasteiger partial charge in [0.05, 0.1) is 6.61 Å². The average molecular weight is 316 g/mol. The minimum Gasteiger partial charge on any atom is -0.367 e.